The Hall–Kier alpha value is -0.980. The van der Waals surface area contributed by atoms with E-state index in [-0.39, 0.29) is 24.7 Å². The fourth-order valence-electron chi connectivity index (χ4n) is 2.95. The van der Waals surface area contributed by atoms with Crippen LogP contribution in [0.15, 0.2) is 0 Å². The molecule has 0 aromatic heterocycles. The van der Waals surface area contributed by atoms with Crippen molar-refractivity contribution >= 4 is 6.03 Å². The van der Waals surface area contributed by atoms with Crippen molar-refractivity contribution in [2.24, 2.45) is 5.92 Å². The molecule has 2 amide bonds. The van der Waals surface area contributed by atoms with E-state index < -0.39 is 12.7 Å². The SMILES string of the molecule is CC(C)[C@@H](C)N(C(=O)N[C@H]1CCN(CC(F)(F)F)C1)C1CC1. The number of alkyl halides is 3. The van der Waals surface area contributed by atoms with Crippen LogP contribution in [0.2, 0.25) is 0 Å². The van der Waals surface area contributed by atoms with Crippen molar-refractivity contribution in [3.8, 4) is 0 Å². The summed E-state index contributed by atoms with van der Waals surface area (Å²) in [4.78, 5) is 15.7. The van der Waals surface area contributed by atoms with E-state index in [9.17, 15) is 18.0 Å². The highest BCUT2D eigenvalue weighted by Crippen LogP contribution is 2.31. The van der Waals surface area contributed by atoms with Crippen LogP contribution in [0.25, 0.3) is 0 Å². The Morgan fingerprint density at radius 2 is 1.91 bits per heavy atom. The molecule has 0 radical (unpaired) electrons. The molecule has 2 rings (SSSR count). The van der Waals surface area contributed by atoms with Crippen molar-refractivity contribution < 1.29 is 18.0 Å². The number of rotatable bonds is 5. The smallest absolute Gasteiger partial charge is 0.334 e. The number of nitrogens with one attached hydrogen (secondary N) is 1. The van der Waals surface area contributed by atoms with E-state index in [4.69, 9.17) is 0 Å². The fourth-order valence-corrected chi connectivity index (χ4v) is 2.95. The van der Waals surface area contributed by atoms with Crippen molar-refractivity contribution in [2.75, 3.05) is 19.6 Å². The lowest BCUT2D eigenvalue weighted by Gasteiger charge is -2.33. The van der Waals surface area contributed by atoms with Crippen LogP contribution >= 0.6 is 0 Å². The number of likely N-dealkylation sites (tertiary alicyclic amines) is 1. The van der Waals surface area contributed by atoms with E-state index in [1.165, 1.54) is 4.90 Å². The zero-order valence-electron chi connectivity index (χ0n) is 13.5. The molecule has 0 spiro atoms. The molecule has 7 heteroatoms. The van der Waals surface area contributed by atoms with Crippen molar-refractivity contribution in [3.05, 3.63) is 0 Å². The Kier molecular flexibility index (Phi) is 5.25. The van der Waals surface area contributed by atoms with Gasteiger partial charge in [-0.2, -0.15) is 13.2 Å². The summed E-state index contributed by atoms with van der Waals surface area (Å²) in [5.41, 5.74) is 0. The standard InChI is InChI=1S/C15H26F3N3O/c1-10(2)11(3)21(13-4-5-13)14(22)19-12-6-7-20(8-12)9-15(16,17)18/h10-13H,4-9H2,1-3H3,(H,19,22)/t11-,12+/m1/s1. The normalized spacial score (nSPS) is 24.6. The molecule has 1 N–H and O–H groups in total. The highest BCUT2D eigenvalue weighted by Gasteiger charge is 2.39. The van der Waals surface area contributed by atoms with Crippen molar-refractivity contribution in [1.29, 1.82) is 0 Å². The number of hydrogen-bond donors (Lipinski definition) is 1. The average molecular weight is 321 g/mol. The van der Waals surface area contributed by atoms with Crippen LogP contribution in [-0.2, 0) is 0 Å². The van der Waals surface area contributed by atoms with Gasteiger partial charge in [-0.3, -0.25) is 4.90 Å². The van der Waals surface area contributed by atoms with E-state index >= 15 is 0 Å². The average Bonchev–Trinajstić information content (AvgIpc) is 3.10. The van der Waals surface area contributed by atoms with Crippen LogP contribution in [0, 0.1) is 5.92 Å². The maximum absolute atomic E-state index is 12.5. The summed E-state index contributed by atoms with van der Waals surface area (Å²) in [7, 11) is 0. The van der Waals surface area contributed by atoms with E-state index in [2.05, 4.69) is 19.2 Å². The van der Waals surface area contributed by atoms with Crippen LogP contribution < -0.4 is 5.32 Å². The van der Waals surface area contributed by atoms with Gasteiger partial charge in [0.25, 0.3) is 0 Å². The quantitative estimate of drug-likeness (QED) is 0.845. The number of carbonyl (C=O) groups is 1. The van der Waals surface area contributed by atoms with Crippen molar-refractivity contribution in [1.82, 2.24) is 15.1 Å². The molecule has 22 heavy (non-hydrogen) atoms. The number of nitrogens with zero attached hydrogens (tertiary/aromatic N) is 2. The van der Waals surface area contributed by atoms with Gasteiger partial charge >= 0.3 is 12.2 Å². The molecule has 0 unspecified atom stereocenters. The molecule has 128 valence electrons. The summed E-state index contributed by atoms with van der Waals surface area (Å²) in [5, 5.41) is 2.93. The first-order valence-electron chi connectivity index (χ1n) is 8.05. The van der Waals surface area contributed by atoms with E-state index in [0.717, 1.165) is 12.8 Å². The van der Waals surface area contributed by atoms with E-state index in [0.29, 0.717) is 24.9 Å². The Bertz CT molecular complexity index is 396. The summed E-state index contributed by atoms with van der Waals surface area (Å²) in [5.74, 6) is 0.358. The van der Waals surface area contributed by atoms with Gasteiger partial charge in [0.1, 0.15) is 0 Å². The predicted molar refractivity (Wildman–Crippen MR) is 78.6 cm³/mol. The Morgan fingerprint density at radius 1 is 1.27 bits per heavy atom. The maximum Gasteiger partial charge on any atom is 0.401 e. The fraction of sp³-hybridized carbons (Fsp3) is 0.933. The topological polar surface area (TPSA) is 35.6 Å². The Labute approximate surface area is 130 Å². The molecule has 2 atom stereocenters. The summed E-state index contributed by atoms with van der Waals surface area (Å²) < 4.78 is 37.2. The minimum Gasteiger partial charge on any atom is -0.334 e. The van der Waals surface area contributed by atoms with Crippen LogP contribution in [0.1, 0.15) is 40.0 Å². The molecule has 0 aromatic carbocycles. The molecule has 1 heterocycles. The van der Waals surface area contributed by atoms with Crippen molar-refractivity contribution in [2.45, 2.75) is 64.3 Å². The second-order valence-corrected chi connectivity index (χ2v) is 6.91. The summed E-state index contributed by atoms with van der Waals surface area (Å²) in [6.45, 7) is 5.95. The van der Waals surface area contributed by atoms with Crippen LogP contribution in [0.5, 0.6) is 0 Å². The third-order valence-electron chi connectivity index (χ3n) is 4.58. The lowest BCUT2D eigenvalue weighted by atomic mass is 10.0. The largest absolute Gasteiger partial charge is 0.401 e. The Balaban J connectivity index is 1.86. The minimum absolute atomic E-state index is 0.123. The van der Waals surface area contributed by atoms with Crippen LogP contribution in [-0.4, -0.2) is 59.8 Å². The van der Waals surface area contributed by atoms with E-state index in [1.54, 1.807) is 0 Å². The molecule has 1 aliphatic carbocycles. The van der Waals surface area contributed by atoms with Gasteiger partial charge in [0, 0.05) is 31.2 Å². The van der Waals surface area contributed by atoms with Crippen LogP contribution in [0.3, 0.4) is 0 Å². The number of halogens is 3. The lowest BCUT2D eigenvalue weighted by Crippen LogP contribution is -2.51. The summed E-state index contributed by atoms with van der Waals surface area (Å²) >= 11 is 0. The number of urea groups is 1. The van der Waals surface area contributed by atoms with Gasteiger partial charge in [0.05, 0.1) is 6.54 Å². The van der Waals surface area contributed by atoms with E-state index in [1.807, 2.05) is 11.8 Å². The molecule has 2 fully saturated rings. The first-order valence-corrected chi connectivity index (χ1v) is 8.05. The van der Waals surface area contributed by atoms with Gasteiger partial charge in [0.2, 0.25) is 0 Å². The summed E-state index contributed by atoms with van der Waals surface area (Å²) in [6.07, 6.45) is -1.55. The highest BCUT2D eigenvalue weighted by atomic mass is 19.4. The first kappa shape index (κ1) is 17.4. The van der Waals surface area contributed by atoms with Gasteiger partial charge < -0.3 is 10.2 Å². The van der Waals surface area contributed by atoms with Crippen LogP contribution in [0.4, 0.5) is 18.0 Å². The van der Waals surface area contributed by atoms with Gasteiger partial charge in [-0.05, 0) is 32.1 Å². The second-order valence-electron chi connectivity index (χ2n) is 6.91. The molecular formula is C15H26F3N3O. The van der Waals surface area contributed by atoms with Gasteiger partial charge in [-0.25, -0.2) is 4.79 Å². The molecule has 1 saturated heterocycles. The Morgan fingerprint density at radius 3 is 2.41 bits per heavy atom. The lowest BCUT2D eigenvalue weighted by molar-refractivity contribution is -0.143. The molecule has 0 aromatic rings. The highest BCUT2D eigenvalue weighted by molar-refractivity contribution is 5.75. The predicted octanol–water partition coefficient (Wildman–Crippen LogP) is 2.84. The monoisotopic (exact) mass is 321 g/mol. The molecular weight excluding hydrogens is 295 g/mol. The zero-order valence-corrected chi connectivity index (χ0v) is 13.5. The second kappa shape index (κ2) is 6.64. The minimum atomic E-state index is -4.18. The number of hydrogen-bond acceptors (Lipinski definition) is 2. The molecule has 4 nitrogen and oxygen atoms in total. The third-order valence-corrected chi connectivity index (χ3v) is 4.58. The van der Waals surface area contributed by atoms with Gasteiger partial charge in [-0.1, -0.05) is 13.8 Å². The van der Waals surface area contributed by atoms with Gasteiger partial charge in [-0.15, -0.1) is 0 Å². The first-order chi connectivity index (χ1) is 10.2. The van der Waals surface area contributed by atoms with Gasteiger partial charge in [0.15, 0.2) is 0 Å². The molecule has 0 bridgehead atoms. The number of amides is 2. The third kappa shape index (κ3) is 4.76. The maximum atomic E-state index is 12.5. The molecule has 2 aliphatic rings. The summed E-state index contributed by atoms with van der Waals surface area (Å²) in [6, 6.07) is 0.128. The van der Waals surface area contributed by atoms with Crippen molar-refractivity contribution in [3.63, 3.8) is 0 Å². The zero-order chi connectivity index (χ0) is 16.5. The number of carbonyl (C=O) groups excluding carboxylic acids is 1. The molecule has 1 aliphatic heterocycles. The molecule has 1 saturated carbocycles.